The van der Waals surface area contributed by atoms with Crippen LogP contribution in [0.5, 0.6) is 0 Å². The average Bonchev–Trinajstić information content (AvgIpc) is 2.83. The van der Waals surface area contributed by atoms with Crippen LogP contribution in [0.3, 0.4) is 0 Å². The Morgan fingerprint density at radius 3 is 2.78 bits per heavy atom. The Balaban J connectivity index is 1.57. The van der Waals surface area contributed by atoms with Crippen molar-refractivity contribution in [3.63, 3.8) is 0 Å². The minimum atomic E-state index is -0.0916. The van der Waals surface area contributed by atoms with Gasteiger partial charge in [0.2, 0.25) is 0 Å². The molecule has 0 aromatic rings. The van der Waals surface area contributed by atoms with Crippen LogP contribution in [-0.4, -0.2) is 12.1 Å². The molecule has 0 aromatic carbocycles. The SMILES string of the molecule is CC(=O)O[C@H]1CCC2C3CC=C4C[C@@H](C)CC[C@@H]4C3CC[C@@]21C. The molecule has 2 heteroatoms. The molecule has 0 aliphatic heterocycles. The highest BCUT2D eigenvalue weighted by atomic mass is 16.5. The van der Waals surface area contributed by atoms with E-state index in [1.807, 2.05) is 0 Å². The van der Waals surface area contributed by atoms with Crippen molar-refractivity contribution in [1.29, 1.82) is 0 Å². The van der Waals surface area contributed by atoms with Gasteiger partial charge in [-0.1, -0.05) is 25.5 Å². The summed E-state index contributed by atoms with van der Waals surface area (Å²) >= 11 is 0. The zero-order valence-corrected chi connectivity index (χ0v) is 15.0. The molecule has 4 aliphatic rings. The molecule has 4 aliphatic carbocycles. The zero-order chi connectivity index (χ0) is 16.2. The molecule has 4 rings (SSSR count). The topological polar surface area (TPSA) is 26.3 Å². The molecule has 23 heavy (non-hydrogen) atoms. The molecule has 3 unspecified atom stereocenters. The largest absolute Gasteiger partial charge is 0.462 e. The molecule has 0 spiro atoms. The molecular formula is C21H32O2. The first kappa shape index (κ1) is 15.7. The Hall–Kier alpha value is -0.790. The van der Waals surface area contributed by atoms with Gasteiger partial charge in [-0.05, 0) is 81.0 Å². The average molecular weight is 316 g/mol. The van der Waals surface area contributed by atoms with Crippen molar-refractivity contribution < 1.29 is 9.53 Å². The monoisotopic (exact) mass is 316 g/mol. The number of esters is 1. The van der Waals surface area contributed by atoms with Crippen molar-refractivity contribution in [3.8, 4) is 0 Å². The minimum Gasteiger partial charge on any atom is -0.462 e. The van der Waals surface area contributed by atoms with Gasteiger partial charge >= 0.3 is 5.97 Å². The maximum atomic E-state index is 11.5. The Morgan fingerprint density at radius 1 is 1.17 bits per heavy atom. The lowest BCUT2D eigenvalue weighted by Crippen LogP contribution is -2.47. The van der Waals surface area contributed by atoms with Gasteiger partial charge in [0.1, 0.15) is 6.10 Å². The van der Waals surface area contributed by atoms with Crippen molar-refractivity contribution >= 4 is 5.97 Å². The lowest BCUT2D eigenvalue weighted by atomic mass is 9.52. The summed E-state index contributed by atoms with van der Waals surface area (Å²) in [6.07, 6.45) is 13.2. The quantitative estimate of drug-likeness (QED) is 0.495. The highest BCUT2D eigenvalue weighted by Crippen LogP contribution is 2.62. The van der Waals surface area contributed by atoms with Crippen molar-refractivity contribution in [2.75, 3.05) is 0 Å². The lowest BCUT2D eigenvalue weighted by Gasteiger charge is -2.53. The van der Waals surface area contributed by atoms with Gasteiger partial charge < -0.3 is 4.74 Å². The van der Waals surface area contributed by atoms with E-state index >= 15 is 0 Å². The summed E-state index contributed by atoms with van der Waals surface area (Å²) in [6.45, 7) is 6.40. The number of ether oxygens (including phenoxy) is 1. The van der Waals surface area contributed by atoms with Crippen LogP contribution in [0.4, 0.5) is 0 Å². The Labute approximate surface area is 141 Å². The zero-order valence-electron chi connectivity index (χ0n) is 15.0. The Kier molecular flexibility index (Phi) is 3.85. The standard InChI is InChI=1S/C21H32O2/c1-13-4-6-16-15(12-13)5-7-18-17(16)10-11-21(3)19(18)8-9-20(21)23-14(2)22/h5,13,16-20H,4,6-12H2,1-3H3/t13-,16-,17?,18?,19?,20-,21-/m0/s1. The Bertz CT molecular complexity index is 522. The van der Waals surface area contributed by atoms with E-state index in [9.17, 15) is 4.79 Å². The number of carbonyl (C=O) groups is 1. The van der Waals surface area contributed by atoms with Gasteiger partial charge in [0, 0.05) is 12.3 Å². The number of allylic oxidation sites excluding steroid dienone is 2. The Morgan fingerprint density at radius 2 is 2.00 bits per heavy atom. The second kappa shape index (κ2) is 5.63. The van der Waals surface area contributed by atoms with E-state index in [2.05, 4.69) is 19.9 Å². The molecule has 0 N–H and O–H groups in total. The molecule has 0 heterocycles. The molecule has 3 saturated carbocycles. The fourth-order valence-corrected chi connectivity index (χ4v) is 6.82. The van der Waals surface area contributed by atoms with Gasteiger partial charge in [-0.25, -0.2) is 0 Å². The van der Waals surface area contributed by atoms with Crippen LogP contribution < -0.4 is 0 Å². The number of hydrogen-bond acceptors (Lipinski definition) is 2. The van der Waals surface area contributed by atoms with E-state index in [1.54, 1.807) is 12.5 Å². The van der Waals surface area contributed by atoms with E-state index in [-0.39, 0.29) is 17.5 Å². The molecular weight excluding hydrogens is 284 g/mol. The third-order valence-electron chi connectivity index (χ3n) is 7.91. The minimum absolute atomic E-state index is 0.0916. The van der Waals surface area contributed by atoms with Gasteiger partial charge in [0.15, 0.2) is 0 Å². The van der Waals surface area contributed by atoms with E-state index < -0.39 is 0 Å². The van der Waals surface area contributed by atoms with Crippen molar-refractivity contribution in [3.05, 3.63) is 11.6 Å². The van der Waals surface area contributed by atoms with Gasteiger partial charge in [0.05, 0.1) is 0 Å². The fraction of sp³-hybridized carbons (Fsp3) is 0.857. The molecule has 0 aromatic heterocycles. The number of rotatable bonds is 1. The second-order valence-corrected chi connectivity index (χ2v) is 9.16. The normalized spacial score (nSPS) is 48.7. The van der Waals surface area contributed by atoms with Crippen LogP contribution >= 0.6 is 0 Å². The van der Waals surface area contributed by atoms with E-state index in [0.717, 1.165) is 36.0 Å². The highest BCUT2D eigenvalue weighted by molar-refractivity contribution is 5.66. The predicted octanol–water partition coefficient (Wildman–Crippen LogP) is 5.13. The first-order valence-electron chi connectivity index (χ1n) is 9.85. The van der Waals surface area contributed by atoms with E-state index in [4.69, 9.17) is 4.74 Å². The molecule has 0 amide bonds. The summed E-state index contributed by atoms with van der Waals surface area (Å²) in [6, 6.07) is 0. The van der Waals surface area contributed by atoms with Crippen LogP contribution in [0.25, 0.3) is 0 Å². The number of fused-ring (bicyclic) bond motifs is 5. The third-order valence-corrected chi connectivity index (χ3v) is 7.91. The molecule has 0 bridgehead atoms. The van der Waals surface area contributed by atoms with Gasteiger partial charge in [-0.15, -0.1) is 0 Å². The third kappa shape index (κ3) is 2.48. The van der Waals surface area contributed by atoms with Crippen LogP contribution in [0.2, 0.25) is 0 Å². The van der Waals surface area contributed by atoms with Crippen molar-refractivity contribution in [2.45, 2.75) is 78.2 Å². The lowest BCUT2D eigenvalue weighted by molar-refractivity contribution is -0.155. The first-order chi connectivity index (χ1) is 11.0. The summed E-state index contributed by atoms with van der Waals surface area (Å²) in [5.74, 6) is 4.20. The summed E-state index contributed by atoms with van der Waals surface area (Å²) < 4.78 is 5.73. The molecule has 0 radical (unpaired) electrons. The summed E-state index contributed by atoms with van der Waals surface area (Å²) in [5, 5.41) is 0. The maximum absolute atomic E-state index is 11.5. The van der Waals surface area contributed by atoms with Gasteiger partial charge in [-0.3, -0.25) is 4.79 Å². The summed E-state index contributed by atoms with van der Waals surface area (Å²) in [5.41, 5.74) is 2.03. The van der Waals surface area contributed by atoms with Gasteiger partial charge in [-0.2, -0.15) is 0 Å². The molecule has 2 nitrogen and oxygen atoms in total. The number of hydrogen-bond donors (Lipinski definition) is 0. The van der Waals surface area contributed by atoms with Crippen molar-refractivity contribution in [1.82, 2.24) is 0 Å². The summed E-state index contributed by atoms with van der Waals surface area (Å²) in [7, 11) is 0. The summed E-state index contributed by atoms with van der Waals surface area (Å²) in [4.78, 5) is 11.5. The maximum Gasteiger partial charge on any atom is 0.302 e. The van der Waals surface area contributed by atoms with E-state index in [1.165, 1.54) is 44.9 Å². The highest BCUT2D eigenvalue weighted by Gasteiger charge is 2.57. The molecule has 0 saturated heterocycles. The second-order valence-electron chi connectivity index (χ2n) is 9.16. The first-order valence-corrected chi connectivity index (χ1v) is 9.85. The van der Waals surface area contributed by atoms with Crippen LogP contribution in [0, 0.1) is 35.0 Å². The van der Waals surface area contributed by atoms with Gasteiger partial charge in [0.25, 0.3) is 0 Å². The van der Waals surface area contributed by atoms with Crippen molar-refractivity contribution in [2.24, 2.45) is 35.0 Å². The molecule has 3 fully saturated rings. The number of carbonyl (C=O) groups excluding carboxylic acids is 1. The van der Waals surface area contributed by atoms with Crippen LogP contribution in [-0.2, 0) is 9.53 Å². The molecule has 128 valence electrons. The smallest absolute Gasteiger partial charge is 0.302 e. The predicted molar refractivity (Wildman–Crippen MR) is 91.8 cm³/mol. The molecule has 7 atom stereocenters. The van der Waals surface area contributed by atoms with Crippen LogP contribution in [0.1, 0.15) is 72.1 Å². The van der Waals surface area contributed by atoms with E-state index in [0.29, 0.717) is 0 Å². The van der Waals surface area contributed by atoms with Crippen LogP contribution in [0.15, 0.2) is 11.6 Å². The fourth-order valence-electron chi connectivity index (χ4n) is 6.82.